The van der Waals surface area contributed by atoms with Crippen LogP contribution in [0.4, 0.5) is 10.1 Å². The van der Waals surface area contributed by atoms with Gasteiger partial charge in [-0.2, -0.15) is 13.4 Å². The maximum Gasteiger partial charge on any atom is 0.439 e. The highest BCUT2D eigenvalue weighted by Gasteiger charge is 2.14. The molecule has 0 fully saturated rings. The highest BCUT2D eigenvalue weighted by atomic mass is 32.2. The Balaban J connectivity index is 3.28. The van der Waals surface area contributed by atoms with Gasteiger partial charge in [0.25, 0.3) is 6.08 Å². The average molecular weight is 272 g/mol. The van der Waals surface area contributed by atoms with E-state index in [9.17, 15) is 22.4 Å². The van der Waals surface area contributed by atoms with Crippen molar-refractivity contribution in [2.24, 2.45) is 9.39 Å². The summed E-state index contributed by atoms with van der Waals surface area (Å²) >= 11 is 0. The Morgan fingerprint density at radius 2 is 1.94 bits per heavy atom. The molecule has 0 aliphatic carbocycles. The zero-order valence-corrected chi connectivity index (χ0v) is 9.69. The fraction of sp³-hybridized carbons (Fsp3) is 0.111. The second kappa shape index (κ2) is 5.33. The van der Waals surface area contributed by atoms with Gasteiger partial charge in [-0.25, -0.2) is 14.0 Å². The maximum atomic E-state index is 13.4. The molecule has 18 heavy (non-hydrogen) atoms. The molecule has 0 heterocycles. The lowest BCUT2D eigenvalue weighted by Gasteiger charge is -2.05. The molecule has 0 bridgehead atoms. The molecule has 1 aromatic rings. The molecule has 7 nitrogen and oxygen atoms in total. The highest BCUT2D eigenvalue weighted by molar-refractivity contribution is 7.85. The van der Waals surface area contributed by atoms with Crippen molar-refractivity contribution in [2.45, 2.75) is 6.92 Å². The molecular weight excluding hydrogens is 267 g/mol. The molecule has 0 aliphatic heterocycles. The minimum atomic E-state index is -4.51. The molecule has 0 N–H and O–H groups in total. The molecule has 0 spiro atoms. The number of carbonyl (C=O) groups excluding carboxylic acids is 2. The fourth-order valence-electron chi connectivity index (χ4n) is 1.08. The molecule has 0 saturated heterocycles. The summed E-state index contributed by atoms with van der Waals surface area (Å²) in [4.78, 5) is 22.9. The molecule has 1 rings (SSSR count). The minimum absolute atomic E-state index is 0.00761. The lowest BCUT2D eigenvalue weighted by molar-refractivity contribution is 0.485. The van der Waals surface area contributed by atoms with E-state index in [2.05, 4.69) is 13.6 Å². The van der Waals surface area contributed by atoms with Gasteiger partial charge in [0.2, 0.25) is 6.08 Å². The first-order valence-corrected chi connectivity index (χ1v) is 5.67. The van der Waals surface area contributed by atoms with E-state index < -0.39 is 21.8 Å². The molecular formula is C9H5FN2O5S. The summed E-state index contributed by atoms with van der Waals surface area (Å²) in [5, 5.41) is 0. The van der Waals surface area contributed by atoms with Crippen LogP contribution in [0.15, 0.2) is 21.5 Å². The lowest BCUT2D eigenvalue weighted by Crippen LogP contribution is -2.05. The Bertz CT molecular complexity index is 672. The predicted molar refractivity (Wildman–Crippen MR) is 56.6 cm³/mol. The van der Waals surface area contributed by atoms with E-state index in [1.807, 2.05) is 0 Å². The van der Waals surface area contributed by atoms with Crippen molar-refractivity contribution in [1.82, 2.24) is 0 Å². The summed E-state index contributed by atoms with van der Waals surface area (Å²) in [6.45, 7) is 1.31. The van der Waals surface area contributed by atoms with Crippen LogP contribution in [0.1, 0.15) is 5.56 Å². The monoisotopic (exact) mass is 272 g/mol. The van der Waals surface area contributed by atoms with Gasteiger partial charge in [0.15, 0.2) is 5.82 Å². The summed E-state index contributed by atoms with van der Waals surface area (Å²) in [5.41, 5.74) is -0.447. The van der Waals surface area contributed by atoms with Gasteiger partial charge in [0.05, 0.1) is 0 Å². The van der Waals surface area contributed by atoms with Crippen LogP contribution in [0.3, 0.4) is 0 Å². The second-order valence-corrected chi connectivity index (χ2v) is 4.17. The van der Waals surface area contributed by atoms with E-state index >= 15 is 0 Å². The fourth-order valence-corrected chi connectivity index (χ4v) is 1.55. The zero-order valence-electron chi connectivity index (χ0n) is 8.88. The van der Waals surface area contributed by atoms with Crippen molar-refractivity contribution in [3.05, 3.63) is 23.5 Å². The van der Waals surface area contributed by atoms with Crippen molar-refractivity contribution < 1.29 is 26.6 Å². The number of nitrogens with zero attached hydrogens (tertiary/aromatic N) is 2. The van der Waals surface area contributed by atoms with E-state index in [0.29, 0.717) is 0 Å². The van der Waals surface area contributed by atoms with Gasteiger partial charge in [-0.1, -0.05) is 0 Å². The highest BCUT2D eigenvalue weighted by Crippen LogP contribution is 2.27. The summed E-state index contributed by atoms with van der Waals surface area (Å²) < 4.78 is 42.2. The van der Waals surface area contributed by atoms with Crippen molar-refractivity contribution in [1.29, 1.82) is 0 Å². The third-order valence-corrected chi connectivity index (χ3v) is 2.43. The Morgan fingerprint density at radius 1 is 1.28 bits per heavy atom. The summed E-state index contributed by atoms with van der Waals surface area (Å²) in [6.07, 6.45) is 1.91. The van der Waals surface area contributed by atoms with Crippen LogP contribution in [0.5, 0.6) is 5.75 Å². The van der Waals surface area contributed by atoms with Crippen LogP contribution in [-0.2, 0) is 19.9 Å². The molecule has 0 amide bonds. The number of isocyanates is 2. The summed E-state index contributed by atoms with van der Waals surface area (Å²) in [5.74, 6) is -1.16. The van der Waals surface area contributed by atoms with Crippen LogP contribution >= 0.6 is 0 Å². The van der Waals surface area contributed by atoms with E-state index in [1.54, 1.807) is 0 Å². The first-order valence-electron chi connectivity index (χ1n) is 4.31. The lowest BCUT2D eigenvalue weighted by atomic mass is 10.2. The van der Waals surface area contributed by atoms with Gasteiger partial charge in [0.1, 0.15) is 11.4 Å². The number of halogens is 1. The Kier molecular flexibility index (Phi) is 4.06. The van der Waals surface area contributed by atoms with Crippen LogP contribution in [0, 0.1) is 12.7 Å². The first kappa shape index (κ1) is 13.7. The smallest absolute Gasteiger partial charge is 0.365 e. The summed E-state index contributed by atoms with van der Waals surface area (Å²) in [7, 11) is -4.51. The average Bonchev–Trinajstić information content (AvgIpc) is 2.24. The third-order valence-electron chi connectivity index (χ3n) is 1.73. The van der Waals surface area contributed by atoms with Gasteiger partial charge in [-0.3, -0.25) is 0 Å². The van der Waals surface area contributed by atoms with Crippen LogP contribution in [0.25, 0.3) is 0 Å². The third kappa shape index (κ3) is 3.33. The van der Waals surface area contributed by atoms with Gasteiger partial charge >= 0.3 is 10.3 Å². The Hall–Kier alpha value is -2.34. The van der Waals surface area contributed by atoms with Crippen molar-refractivity contribution in [3.63, 3.8) is 0 Å². The molecule has 0 radical (unpaired) electrons. The Morgan fingerprint density at radius 3 is 2.50 bits per heavy atom. The number of rotatable bonds is 4. The minimum Gasteiger partial charge on any atom is -0.365 e. The number of hydrogen-bond acceptors (Lipinski definition) is 6. The van der Waals surface area contributed by atoms with Crippen molar-refractivity contribution in [3.8, 4) is 5.75 Å². The molecule has 0 aromatic heterocycles. The quantitative estimate of drug-likeness (QED) is 0.602. The molecule has 1 aromatic carbocycles. The molecule has 0 saturated carbocycles. The first-order chi connectivity index (χ1) is 8.39. The largest absolute Gasteiger partial charge is 0.439 e. The van der Waals surface area contributed by atoms with Crippen LogP contribution in [0.2, 0.25) is 0 Å². The van der Waals surface area contributed by atoms with E-state index in [-0.39, 0.29) is 11.3 Å². The van der Waals surface area contributed by atoms with E-state index in [1.165, 1.54) is 6.92 Å². The molecule has 0 aliphatic rings. The number of hydrogen-bond donors (Lipinski definition) is 0. The van der Waals surface area contributed by atoms with Crippen LogP contribution < -0.4 is 4.18 Å². The number of aliphatic imine (C=N–C) groups is 1. The maximum absolute atomic E-state index is 13.4. The van der Waals surface area contributed by atoms with E-state index in [4.69, 9.17) is 0 Å². The van der Waals surface area contributed by atoms with Gasteiger partial charge in [-0.15, -0.1) is 0 Å². The number of aryl methyl sites for hydroxylation is 1. The zero-order chi connectivity index (χ0) is 13.8. The van der Waals surface area contributed by atoms with Gasteiger partial charge in [0, 0.05) is 6.07 Å². The number of benzene rings is 1. The van der Waals surface area contributed by atoms with Gasteiger partial charge in [-0.05, 0) is 23.0 Å². The SMILES string of the molecule is Cc1cc(OS(=O)(=O)N=C=O)cc(N=C=O)c1F. The van der Waals surface area contributed by atoms with Crippen LogP contribution in [-0.4, -0.2) is 20.6 Å². The molecule has 94 valence electrons. The molecule has 0 unspecified atom stereocenters. The van der Waals surface area contributed by atoms with E-state index in [0.717, 1.165) is 24.3 Å². The topological polar surface area (TPSA) is 102 Å². The normalized spacial score (nSPS) is 10.1. The van der Waals surface area contributed by atoms with Crippen molar-refractivity contribution >= 4 is 28.2 Å². The Labute approximate surface area is 101 Å². The standard InChI is InChI=1S/C9H5FN2O5S/c1-6-2-7(17-18(15,16)12-5-14)3-8(9(6)10)11-4-13/h2-3H,1H3. The second-order valence-electron chi connectivity index (χ2n) is 2.97. The molecule has 9 heteroatoms. The summed E-state index contributed by atoms with van der Waals surface area (Å²) in [6, 6.07) is 1.89. The van der Waals surface area contributed by atoms with Gasteiger partial charge < -0.3 is 4.18 Å². The predicted octanol–water partition coefficient (Wildman–Crippen LogP) is 1.06. The molecule has 0 atom stereocenters. The van der Waals surface area contributed by atoms with Crippen molar-refractivity contribution in [2.75, 3.05) is 0 Å².